The van der Waals surface area contributed by atoms with E-state index in [9.17, 15) is 33.9 Å². The van der Waals surface area contributed by atoms with Crippen LogP contribution < -0.4 is 5.32 Å². The van der Waals surface area contributed by atoms with Crippen molar-refractivity contribution in [2.45, 2.75) is 110 Å². The van der Waals surface area contributed by atoms with Crippen LogP contribution in [0.25, 0.3) is 17.7 Å². The Morgan fingerprint density at radius 3 is 2.42 bits per heavy atom. The first-order chi connectivity index (χ1) is 28.6. The lowest BCUT2D eigenvalue weighted by Gasteiger charge is -2.31. The molecule has 3 heterocycles. The van der Waals surface area contributed by atoms with E-state index in [1.165, 1.54) is 37.3 Å². The van der Waals surface area contributed by atoms with Gasteiger partial charge in [-0.25, -0.2) is 9.97 Å². The predicted octanol–water partition coefficient (Wildman–Crippen LogP) is 4.89. The summed E-state index contributed by atoms with van der Waals surface area (Å²) in [5.41, 5.74) is 0.000850. The van der Waals surface area contributed by atoms with Gasteiger partial charge in [-0.3, -0.25) is 34.1 Å². The number of imide groups is 1. The number of carbonyl (C=O) groups is 6. The molecule has 0 spiro atoms. The lowest BCUT2D eigenvalue weighted by Crippen LogP contribution is -2.44. The number of esters is 1. The van der Waals surface area contributed by atoms with E-state index in [4.69, 9.17) is 27.8 Å². The predicted molar refractivity (Wildman–Crippen MR) is 217 cm³/mol. The van der Waals surface area contributed by atoms with Gasteiger partial charge >= 0.3 is 5.97 Å². The van der Waals surface area contributed by atoms with Crippen LogP contribution in [0.3, 0.4) is 0 Å². The third-order valence-corrected chi connectivity index (χ3v) is 10.7. The SMILES string of the molecule is CO[C@@H](C[C@H]1OC(=O)C[C@@H](O)CC=CC(=O)[C@@H](C)[C@H](OC)C(=O)NC(=O)c2coc(n2)-c2coc(n2)C=CCC[C@@H]1C)[C@@H](C)CCC(=O)[C@H](C)[C@@H](CC=CN(C)C=O)OC. The van der Waals surface area contributed by atoms with Gasteiger partial charge in [0.15, 0.2) is 17.2 Å². The summed E-state index contributed by atoms with van der Waals surface area (Å²) in [5.74, 6) is -4.31. The maximum absolute atomic E-state index is 13.3. The summed E-state index contributed by atoms with van der Waals surface area (Å²) in [6.07, 6.45) is 11.0. The molecule has 17 nitrogen and oxygen atoms in total. The molecule has 0 aliphatic carbocycles. The van der Waals surface area contributed by atoms with Gasteiger partial charge in [-0.05, 0) is 56.1 Å². The van der Waals surface area contributed by atoms with Crippen LogP contribution in [0, 0.1) is 23.7 Å². The number of aromatic nitrogens is 2. The quantitative estimate of drug-likeness (QED) is 0.138. The second-order valence-corrected chi connectivity index (χ2v) is 15.2. The number of nitrogens with zero attached hydrogens (tertiary/aromatic N) is 3. The summed E-state index contributed by atoms with van der Waals surface area (Å²) in [7, 11) is 5.97. The molecule has 0 saturated carbocycles. The van der Waals surface area contributed by atoms with E-state index < -0.39 is 47.8 Å². The summed E-state index contributed by atoms with van der Waals surface area (Å²) < 4.78 is 33.7. The molecule has 2 N–H and O–H groups in total. The number of ether oxygens (including phenoxy) is 4. The van der Waals surface area contributed by atoms with Gasteiger partial charge < -0.3 is 37.8 Å². The van der Waals surface area contributed by atoms with E-state index in [1.54, 1.807) is 39.6 Å². The van der Waals surface area contributed by atoms with Gasteiger partial charge in [0.25, 0.3) is 11.8 Å². The number of oxazole rings is 2. The molecule has 4 bridgehead atoms. The topological polar surface area (TPSA) is 227 Å². The summed E-state index contributed by atoms with van der Waals surface area (Å²) in [5, 5.41) is 12.9. The zero-order valence-electron chi connectivity index (χ0n) is 35.7. The second-order valence-electron chi connectivity index (χ2n) is 15.2. The molecule has 0 saturated heterocycles. The van der Waals surface area contributed by atoms with Gasteiger partial charge in [0, 0.05) is 53.3 Å². The number of ketones is 2. The summed E-state index contributed by atoms with van der Waals surface area (Å²) in [6, 6.07) is 0. The number of nitrogens with one attached hydrogen (secondary N) is 1. The van der Waals surface area contributed by atoms with Crippen molar-refractivity contribution in [3.8, 4) is 11.6 Å². The summed E-state index contributed by atoms with van der Waals surface area (Å²) in [4.78, 5) is 86.0. The molecular weight excluding hydrogens is 780 g/mol. The molecule has 2 aromatic heterocycles. The van der Waals surface area contributed by atoms with Crippen molar-refractivity contribution in [2.75, 3.05) is 28.4 Å². The Morgan fingerprint density at radius 1 is 1.02 bits per heavy atom. The minimum atomic E-state index is -1.34. The van der Waals surface area contributed by atoms with Crippen molar-refractivity contribution in [1.29, 1.82) is 0 Å². The van der Waals surface area contributed by atoms with Crippen LogP contribution in [0.15, 0.2) is 51.9 Å². The van der Waals surface area contributed by atoms with Gasteiger partial charge in [0.05, 0.1) is 30.7 Å². The molecule has 3 amide bonds. The van der Waals surface area contributed by atoms with Crippen molar-refractivity contribution >= 4 is 41.8 Å². The Kier molecular flexibility index (Phi) is 20.4. The summed E-state index contributed by atoms with van der Waals surface area (Å²) >= 11 is 0. The van der Waals surface area contributed by atoms with Crippen molar-refractivity contribution in [3.05, 3.63) is 54.6 Å². The monoisotopic (exact) mass is 840 g/mol. The average Bonchev–Trinajstić information content (AvgIpc) is 3.91. The maximum atomic E-state index is 13.3. The number of carbonyl (C=O) groups excluding carboxylic acids is 6. The number of amides is 3. The number of allylic oxidation sites excluding steroid dienone is 2. The first-order valence-electron chi connectivity index (χ1n) is 20.1. The number of aliphatic hydroxyl groups is 1. The maximum Gasteiger partial charge on any atom is 0.308 e. The molecule has 0 fully saturated rings. The van der Waals surface area contributed by atoms with Gasteiger partial charge in [0.1, 0.15) is 30.5 Å². The molecule has 0 aromatic carbocycles. The summed E-state index contributed by atoms with van der Waals surface area (Å²) in [6.45, 7) is 7.22. The minimum Gasteiger partial charge on any atom is -0.462 e. The number of cyclic esters (lactones) is 1. The number of Topliss-reactive ketones (excluding diaryl/α,β-unsaturated/α-hetero) is 1. The van der Waals surface area contributed by atoms with Crippen molar-refractivity contribution in [2.24, 2.45) is 23.7 Å². The van der Waals surface area contributed by atoms with E-state index in [1.807, 2.05) is 26.8 Å². The van der Waals surface area contributed by atoms with Gasteiger partial charge in [-0.2, -0.15) is 0 Å². The third-order valence-electron chi connectivity index (χ3n) is 10.7. The molecule has 330 valence electrons. The normalized spacial score (nSPS) is 23.5. The fraction of sp³-hybridized carbons (Fsp3) is 0.581. The van der Waals surface area contributed by atoms with E-state index >= 15 is 0 Å². The fourth-order valence-electron chi connectivity index (χ4n) is 6.69. The Labute approximate surface area is 350 Å². The second kappa shape index (κ2) is 24.9. The molecule has 0 radical (unpaired) electrons. The molecular formula is C43H60N4O13. The zero-order valence-corrected chi connectivity index (χ0v) is 35.7. The Balaban J connectivity index is 1.78. The molecule has 17 heteroatoms. The van der Waals surface area contributed by atoms with E-state index in [0.717, 1.165) is 6.26 Å². The van der Waals surface area contributed by atoms with Gasteiger partial charge in [0.2, 0.25) is 18.2 Å². The number of rotatable bonds is 15. The third kappa shape index (κ3) is 15.2. The van der Waals surface area contributed by atoms with Crippen molar-refractivity contribution in [1.82, 2.24) is 20.2 Å². The largest absolute Gasteiger partial charge is 0.462 e. The van der Waals surface area contributed by atoms with E-state index in [0.29, 0.717) is 38.5 Å². The van der Waals surface area contributed by atoms with Crippen LogP contribution in [0.5, 0.6) is 0 Å². The van der Waals surface area contributed by atoms with E-state index in [2.05, 4.69) is 15.3 Å². The number of fused-ring (bicyclic) bond motifs is 5. The van der Waals surface area contributed by atoms with Gasteiger partial charge in [-0.1, -0.05) is 45.9 Å². The lowest BCUT2D eigenvalue weighted by atomic mass is 9.86. The van der Waals surface area contributed by atoms with Crippen molar-refractivity contribution in [3.63, 3.8) is 0 Å². The Hall–Kier alpha value is -5.10. The molecule has 1 aliphatic heterocycles. The van der Waals surface area contributed by atoms with Crippen LogP contribution in [0.2, 0.25) is 0 Å². The average molecular weight is 841 g/mol. The first kappa shape index (κ1) is 49.3. The van der Waals surface area contributed by atoms with E-state index in [-0.39, 0.29) is 78.2 Å². The first-order valence-corrected chi connectivity index (χ1v) is 20.1. The fourth-order valence-corrected chi connectivity index (χ4v) is 6.69. The van der Waals surface area contributed by atoms with Crippen LogP contribution >= 0.6 is 0 Å². The van der Waals surface area contributed by atoms with Crippen LogP contribution in [-0.2, 0) is 42.9 Å². The highest BCUT2D eigenvalue weighted by Crippen LogP contribution is 2.28. The molecule has 0 unspecified atom stereocenters. The Bertz CT molecular complexity index is 1820. The molecule has 1 aliphatic rings. The van der Waals surface area contributed by atoms with Crippen molar-refractivity contribution < 1.29 is 61.7 Å². The zero-order chi connectivity index (χ0) is 44.4. The number of hydrogen-bond acceptors (Lipinski definition) is 15. The molecule has 9 atom stereocenters. The standard InChI is InChI=1S/C43H60N4O13/c1-26-13-9-10-17-38-44-32(24-58-38)43-45-31(23-59-43)41(53)46-42(54)40(57-8)29(4)33(50)15-11-14-30(49)21-39(52)60-37(26)22-36(56-7)27(2)18-19-34(51)28(3)35(55-6)16-12-20-47(5)25-48/h10-12,15,17,20,23-30,35-37,40,49H,9,13-14,16,18-19,21-22H2,1-8H3,(H,46,53,54)/t26-,27-,28-,29+,30-,35+,36-,37+,40-/m0/s1. The number of hydrogen-bond donors (Lipinski definition) is 2. The number of methoxy groups -OCH3 is 3. The highest BCUT2D eigenvalue weighted by molar-refractivity contribution is 6.06. The highest BCUT2D eigenvalue weighted by Gasteiger charge is 2.32. The molecule has 2 aromatic rings. The minimum absolute atomic E-state index is 0.0213. The lowest BCUT2D eigenvalue weighted by molar-refractivity contribution is -0.156. The number of aliphatic hydroxyl groups excluding tert-OH is 1. The van der Waals surface area contributed by atoms with Crippen LogP contribution in [0.1, 0.15) is 95.4 Å². The molecule has 3 rings (SSSR count). The molecule has 60 heavy (non-hydrogen) atoms. The van der Waals surface area contributed by atoms with Crippen LogP contribution in [-0.4, -0.2) is 115 Å². The Morgan fingerprint density at radius 2 is 1.73 bits per heavy atom. The highest BCUT2D eigenvalue weighted by atomic mass is 16.5. The van der Waals surface area contributed by atoms with Gasteiger partial charge in [-0.15, -0.1) is 0 Å². The van der Waals surface area contributed by atoms with Crippen LogP contribution in [0.4, 0.5) is 0 Å². The smallest absolute Gasteiger partial charge is 0.308 e.